The number of amides is 2. The average Bonchev–Trinajstić information content (AvgIpc) is 3.59. The maximum Gasteiger partial charge on any atom is 0.283 e. The van der Waals surface area contributed by atoms with E-state index < -0.39 is 5.82 Å². The molecular weight excluding hydrogens is 483 g/mol. The van der Waals surface area contributed by atoms with Gasteiger partial charge in [0.25, 0.3) is 11.8 Å². The minimum absolute atomic E-state index is 0.0717. The number of rotatable bonds is 4. The molecule has 2 N–H and O–H groups in total. The number of likely N-dealkylation sites (tertiary alicyclic amines) is 2. The summed E-state index contributed by atoms with van der Waals surface area (Å²) in [5, 5.41) is 2.71. The Balaban J connectivity index is 1.19. The molecule has 35 heavy (non-hydrogen) atoms. The Bertz CT molecular complexity index is 1400. The van der Waals surface area contributed by atoms with Gasteiger partial charge in [-0.3, -0.25) is 9.59 Å². The van der Waals surface area contributed by atoms with Gasteiger partial charge in [0.15, 0.2) is 10.8 Å². The van der Waals surface area contributed by atoms with Crippen molar-refractivity contribution < 1.29 is 14.0 Å². The Kier molecular flexibility index (Phi) is 5.63. The van der Waals surface area contributed by atoms with Crippen molar-refractivity contribution in [2.75, 3.05) is 19.6 Å². The van der Waals surface area contributed by atoms with Crippen LogP contribution in [0.1, 0.15) is 25.9 Å². The molecule has 2 atom stereocenters. The van der Waals surface area contributed by atoms with Crippen LogP contribution in [0.3, 0.4) is 0 Å². The lowest BCUT2D eigenvalue weighted by atomic mass is 9.87. The monoisotopic (exact) mass is 506 g/mol. The van der Waals surface area contributed by atoms with E-state index in [2.05, 4.69) is 4.98 Å². The smallest absolute Gasteiger partial charge is 0.283 e. The Hall–Kier alpha value is -3.14. The predicted octanol–water partition coefficient (Wildman–Crippen LogP) is 4.48. The zero-order valence-electron chi connectivity index (χ0n) is 18.8. The number of carbonyl (C=O) groups excluding carboxylic acids is 2. The van der Waals surface area contributed by atoms with Crippen LogP contribution in [0.4, 0.5) is 4.39 Å². The highest BCUT2D eigenvalue weighted by molar-refractivity contribution is 7.20. The molecule has 9 heteroatoms. The first-order valence-electron chi connectivity index (χ1n) is 11.5. The lowest BCUT2D eigenvalue weighted by Gasteiger charge is -2.45. The predicted molar refractivity (Wildman–Crippen MR) is 136 cm³/mol. The third-order valence-corrected chi connectivity index (χ3v) is 8.88. The minimum Gasteiger partial charge on any atom is -0.337 e. The van der Waals surface area contributed by atoms with Crippen molar-refractivity contribution >= 4 is 44.6 Å². The standard InChI is InChI=1S/C26H23FN4O2S2/c27-21-18-12-16(15-4-2-1-3-5-15)6-7-20(18)35-23(21)25(32)30-13-17(14-30)22-19(28)8-10-31(22)26(33)24-29-9-11-34-24/h1-7,9,11-12,17,19,22H,8,10,13-14,28H2. The summed E-state index contributed by atoms with van der Waals surface area (Å²) in [6.45, 7) is 1.51. The molecule has 2 aliphatic rings. The van der Waals surface area contributed by atoms with Crippen molar-refractivity contribution in [1.29, 1.82) is 0 Å². The second-order valence-corrected chi connectivity index (χ2v) is 11.0. The molecule has 2 unspecified atom stereocenters. The molecule has 178 valence electrons. The van der Waals surface area contributed by atoms with Crippen LogP contribution in [0.25, 0.3) is 21.2 Å². The zero-order chi connectivity index (χ0) is 24.1. The van der Waals surface area contributed by atoms with Crippen LogP contribution in [-0.2, 0) is 0 Å². The quantitative estimate of drug-likeness (QED) is 0.443. The van der Waals surface area contributed by atoms with Crippen molar-refractivity contribution in [1.82, 2.24) is 14.8 Å². The maximum absolute atomic E-state index is 15.4. The van der Waals surface area contributed by atoms with E-state index in [0.29, 0.717) is 30.0 Å². The summed E-state index contributed by atoms with van der Waals surface area (Å²) >= 11 is 2.51. The van der Waals surface area contributed by atoms with Crippen LogP contribution < -0.4 is 5.73 Å². The molecule has 0 radical (unpaired) electrons. The number of carbonyl (C=O) groups is 2. The summed E-state index contributed by atoms with van der Waals surface area (Å²) in [6, 6.07) is 15.2. The molecule has 4 heterocycles. The normalized spacial score (nSPS) is 20.4. The second kappa shape index (κ2) is 8.82. The van der Waals surface area contributed by atoms with Crippen molar-refractivity contribution in [2.45, 2.75) is 18.5 Å². The Morgan fingerprint density at radius 1 is 1.06 bits per heavy atom. The van der Waals surface area contributed by atoms with Gasteiger partial charge >= 0.3 is 0 Å². The molecule has 0 aliphatic carbocycles. The lowest BCUT2D eigenvalue weighted by Crippen LogP contribution is -2.61. The van der Waals surface area contributed by atoms with E-state index >= 15 is 4.39 Å². The number of hydrogen-bond donors (Lipinski definition) is 1. The molecule has 0 spiro atoms. The summed E-state index contributed by atoms with van der Waals surface area (Å²) in [5.74, 6) is -0.796. The van der Waals surface area contributed by atoms with Crippen molar-refractivity contribution in [2.24, 2.45) is 11.7 Å². The number of thiophene rings is 1. The molecule has 6 rings (SSSR count). The summed E-state index contributed by atoms with van der Waals surface area (Å²) < 4.78 is 16.1. The molecule has 0 bridgehead atoms. The number of aromatic nitrogens is 1. The van der Waals surface area contributed by atoms with E-state index in [1.54, 1.807) is 21.4 Å². The van der Waals surface area contributed by atoms with Gasteiger partial charge in [0, 0.05) is 53.3 Å². The summed E-state index contributed by atoms with van der Waals surface area (Å²) in [5.41, 5.74) is 8.29. The maximum atomic E-state index is 15.4. The van der Waals surface area contributed by atoms with Gasteiger partial charge in [-0.25, -0.2) is 9.37 Å². The second-order valence-electron chi connectivity index (χ2n) is 9.07. The van der Waals surface area contributed by atoms with E-state index in [-0.39, 0.29) is 34.7 Å². The van der Waals surface area contributed by atoms with Crippen LogP contribution in [0.15, 0.2) is 60.1 Å². The van der Waals surface area contributed by atoms with E-state index in [0.717, 1.165) is 22.2 Å². The van der Waals surface area contributed by atoms with E-state index in [1.807, 2.05) is 48.5 Å². The molecule has 0 saturated carbocycles. The van der Waals surface area contributed by atoms with E-state index in [1.165, 1.54) is 22.7 Å². The van der Waals surface area contributed by atoms with Crippen LogP contribution in [0.5, 0.6) is 0 Å². The number of fused-ring (bicyclic) bond motifs is 1. The lowest BCUT2D eigenvalue weighted by molar-refractivity contribution is 0.0245. The highest BCUT2D eigenvalue weighted by atomic mass is 32.1. The highest BCUT2D eigenvalue weighted by Crippen LogP contribution is 2.37. The van der Waals surface area contributed by atoms with Crippen LogP contribution in [-0.4, -0.2) is 58.3 Å². The van der Waals surface area contributed by atoms with Crippen LogP contribution in [0, 0.1) is 11.7 Å². The van der Waals surface area contributed by atoms with Gasteiger partial charge in [0.2, 0.25) is 0 Å². The van der Waals surface area contributed by atoms with Crippen molar-refractivity contribution in [3.8, 4) is 11.1 Å². The number of thiazole rings is 1. The fourth-order valence-electron chi connectivity index (χ4n) is 5.19. The van der Waals surface area contributed by atoms with E-state index in [9.17, 15) is 9.59 Å². The van der Waals surface area contributed by atoms with Crippen molar-refractivity contribution in [3.05, 3.63) is 75.8 Å². The number of nitrogens with zero attached hydrogens (tertiary/aromatic N) is 3. The Morgan fingerprint density at radius 2 is 1.86 bits per heavy atom. The number of benzene rings is 2. The minimum atomic E-state index is -0.464. The molecule has 2 amide bonds. The molecule has 2 aromatic carbocycles. The number of hydrogen-bond acceptors (Lipinski definition) is 6. The van der Waals surface area contributed by atoms with E-state index in [4.69, 9.17) is 5.73 Å². The average molecular weight is 507 g/mol. The third-order valence-electron chi connectivity index (χ3n) is 6.99. The number of halogens is 1. The fraction of sp³-hybridized carbons (Fsp3) is 0.269. The topological polar surface area (TPSA) is 79.5 Å². The molecule has 4 aromatic rings. The zero-order valence-corrected chi connectivity index (χ0v) is 20.4. The Morgan fingerprint density at radius 3 is 2.60 bits per heavy atom. The third kappa shape index (κ3) is 3.84. The van der Waals surface area contributed by atoms with Gasteiger partial charge < -0.3 is 15.5 Å². The first-order chi connectivity index (χ1) is 17.0. The van der Waals surface area contributed by atoms with Gasteiger partial charge in [-0.2, -0.15) is 0 Å². The van der Waals surface area contributed by atoms with Gasteiger partial charge in [-0.1, -0.05) is 36.4 Å². The largest absolute Gasteiger partial charge is 0.337 e. The highest BCUT2D eigenvalue weighted by Gasteiger charge is 2.47. The molecule has 2 fully saturated rings. The van der Waals surface area contributed by atoms with Crippen LogP contribution >= 0.6 is 22.7 Å². The summed E-state index contributed by atoms with van der Waals surface area (Å²) in [7, 11) is 0. The Labute approximate surface area is 209 Å². The summed E-state index contributed by atoms with van der Waals surface area (Å²) in [4.78, 5) is 33.8. The van der Waals surface area contributed by atoms with Crippen molar-refractivity contribution in [3.63, 3.8) is 0 Å². The van der Waals surface area contributed by atoms with Gasteiger partial charge in [0.1, 0.15) is 4.88 Å². The van der Waals surface area contributed by atoms with Gasteiger partial charge in [-0.15, -0.1) is 22.7 Å². The fourth-order valence-corrected chi connectivity index (χ4v) is 6.81. The van der Waals surface area contributed by atoms with Gasteiger partial charge in [-0.05, 0) is 29.7 Å². The van der Waals surface area contributed by atoms with Crippen LogP contribution in [0.2, 0.25) is 0 Å². The van der Waals surface area contributed by atoms with Gasteiger partial charge in [0.05, 0.1) is 6.04 Å². The summed E-state index contributed by atoms with van der Waals surface area (Å²) in [6.07, 6.45) is 2.34. The molecular formula is C26H23FN4O2S2. The SMILES string of the molecule is NC1CCN(C(=O)c2nccs2)C1C1CN(C(=O)c2sc3ccc(-c4ccccc4)cc3c2F)C1. The molecule has 2 aliphatic heterocycles. The number of nitrogens with two attached hydrogens (primary N) is 1. The molecule has 2 saturated heterocycles. The molecule has 6 nitrogen and oxygen atoms in total. The first kappa shape index (κ1) is 22.3. The first-order valence-corrected chi connectivity index (χ1v) is 13.2. The molecule has 2 aromatic heterocycles.